The van der Waals surface area contributed by atoms with E-state index in [0.717, 1.165) is 89.9 Å². The number of aliphatic hydroxyl groups excluding tert-OH is 1. The molecule has 2 amide bonds. The summed E-state index contributed by atoms with van der Waals surface area (Å²) >= 11 is 0. The highest BCUT2D eigenvalue weighted by Gasteiger charge is 2.18. The minimum Gasteiger partial charge on any atom is -0.480 e. The minimum atomic E-state index is -1.40. The summed E-state index contributed by atoms with van der Waals surface area (Å²) in [6.45, 7) is 3.28. The summed E-state index contributed by atoms with van der Waals surface area (Å²) in [5, 5.41) is 22.5. The normalized spacial score (nSPS) is 13.5. The molecule has 0 rings (SSSR count). The third kappa shape index (κ3) is 40.1. The first-order valence-corrected chi connectivity index (χ1v) is 22.3. The van der Waals surface area contributed by atoms with E-state index in [4.69, 9.17) is 14.9 Å². The number of ether oxygens (including phenoxy) is 1. The van der Waals surface area contributed by atoms with Crippen molar-refractivity contribution in [2.75, 3.05) is 13.2 Å². The number of allylic oxidation sites excluding steroid dienone is 17. The van der Waals surface area contributed by atoms with Crippen molar-refractivity contribution in [1.82, 2.24) is 10.6 Å². The molecule has 0 aromatic rings. The first-order chi connectivity index (χ1) is 28.8. The van der Waals surface area contributed by atoms with E-state index in [-0.39, 0.29) is 30.9 Å². The lowest BCUT2D eigenvalue weighted by atomic mass is 10.1. The van der Waals surface area contributed by atoms with Crippen molar-refractivity contribution < 1.29 is 34.1 Å². The predicted octanol–water partition coefficient (Wildman–Crippen LogP) is 11.2. The second-order valence-electron chi connectivity index (χ2n) is 14.4. The molecule has 0 spiro atoms. The lowest BCUT2D eigenvalue weighted by molar-refractivity contribution is -0.147. The molecule has 0 bridgehead atoms. The zero-order valence-electron chi connectivity index (χ0n) is 36.5. The third-order valence-corrected chi connectivity index (χ3v) is 8.99. The summed E-state index contributed by atoms with van der Waals surface area (Å²) in [7, 11) is 0. The molecule has 0 heterocycles. The Bertz CT molecular complexity index is 1350. The van der Waals surface area contributed by atoms with E-state index < -0.39 is 24.5 Å². The van der Waals surface area contributed by atoms with Crippen LogP contribution >= 0.6 is 0 Å². The highest BCUT2D eigenvalue weighted by atomic mass is 16.5. The highest BCUT2D eigenvalue weighted by Crippen LogP contribution is 2.13. The summed E-state index contributed by atoms with van der Waals surface area (Å²) in [5.41, 5.74) is 0. The fourth-order valence-electron chi connectivity index (χ4n) is 5.59. The topological polar surface area (TPSA) is 142 Å². The van der Waals surface area contributed by atoms with Crippen LogP contribution in [0.5, 0.6) is 0 Å². The van der Waals surface area contributed by atoms with Crippen molar-refractivity contribution in [2.24, 2.45) is 0 Å². The summed E-state index contributed by atoms with van der Waals surface area (Å²) in [4.78, 5) is 47.6. The highest BCUT2D eigenvalue weighted by molar-refractivity contribution is 5.87. The number of carbonyl (C=O) groups is 4. The molecule has 0 fully saturated rings. The smallest absolute Gasteiger partial charge is 0.328 e. The van der Waals surface area contributed by atoms with Gasteiger partial charge in [0.1, 0.15) is 12.1 Å². The molecule has 2 unspecified atom stereocenters. The molecule has 0 aliphatic carbocycles. The van der Waals surface area contributed by atoms with Gasteiger partial charge in [0, 0.05) is 12.8 Å². The Morgan fingerprint density at radius 3 is 1.56 bits per heavy atom. The lowest BCUT2D eigenvalue weighted by Gasteiger charge is -2.14. The van der Waals surface area contributed by atoms with E-state index >= 15 is 0 Å². The zero-order chi connectivity index (χ0) is 43.3. The molecule has 0 aromatic heterocycles. The van der Waals surface area contributed by atoms with E-state index in [1.54, 1.807) is 0 Å². The predicted molar refractivity (Wildman–Crippen MR) is 245 cm³/mol. The van der Waals surface area contributed by atoms with Crippen LogP contribution in [0.1, 0.15) is 155 Å². The maximum atomic E-state index is 12.7. The van der Waals surface area contributed by atoms with Crippen LogP contribution in [0.3, 0.4) is 0 Å². The number of hydrogen-bond donors (Lipinski definition) is 4. The first-order valence-electron chi connectivity index (χ1n) is 22.3. The number of carboxylic acid groups (broad SMARTS) is 1. The van der Waals surface area contributed by atoms with Crippen LogP contribution in [0.2, 0.25) is 0 Å². The van der Waals surface area contributed by atoms with E-state index in [1.165, 1.54) is 25.7 Å². The standard InChI is InChI=1S/C50H78N2O7/c1-3-5-7-9-11-13-14-15-16-17-18-19-20-21-22-23-24-25-26-28-30-32-38-42-49(56)59-45(39-35-31-29-27-12-10-8-6-4-2)40-36-33-34-37-41-47(54)51-43-48(55)52-46(44-53)50(57)58/h5,7,11,13,15-16,18-19,21-22,24-25,27-30,35,39,45-46,53H,3-4,6,8-10,12,14,17,20,23,26,31-34,36-38,40-44H2,1-2H3,(H,51,54)(H,52,55)(H,57,58)/b7-5-,13-11-,16-15-,19-18-,22-21-,25-24-,29-27-,30-28-,39-35-. The van der Waals surface area contributed by atoms with Crippen LogP contribution < -0.4 is 10.6 Å². The van der Waals surface area contributed by atoms with Crippen molar-refractivity contribution in [3.8, 4) is 0 Å². The number of aliphatic hydroxyl groups is 1. The fraction of sp³-hybridized carbons (Fsp3) is 0.560. The van der Waals surface area contributed by atoms with Crippen LogP contribution in [0, 0.1) is 0 Å². The molecular formula is C50H78N2O7. The first kappa shape index (κ1) is 54.5. The van der Waals surface area contributed by atoms with Gasteiger partial charge in [-0.2, -0.15) is 0 Å². The number of unbranched alkanes of at least 4 members (excludes halogenated alkanes) is 8. The second kappa shape index (κ2) is 43.1. The van der Waals surface area contributed by atoms with Gasteiger partial charge in [0.25, 0.3) is 0 Å². The lowest BCUT2D eigenvalue weighted by Crippen LogP contribution is -2.47. The molecular weight excluding hydrogens is 741 g/mol. The van der Waals surface area contributed by atoms with Gasteiger partial charge in [-0.15, -0.1) is 0 Å². The number of carbonyl (C=O) groups excluding carboxylic acids is 3. The Hall–Kier alpha value is -4.50. The van der Waals surface area contributed by atoms with Crippen LogP contribution in [-0.4, -0.2) is 59.3 Å². The van der Waals surface area contributed by atoms with Gasteiger partial charge in [-0.1, -0.05) is 149 Å². The van der Waals surface area contributed by atoms with Gasteiger partial charge < -0.3 is 25.6 Å². The van der Waals surface area contributed by atoms with Crippen molar-refractivity contribution in [1.29, 1.82) is 0 Å². The molecule has 0 aliphatic heterocycles. The van der Waals surface area contributed by atoms with Gasteiger partial charge in [-0.25, -0.2) is 4.79 Å². The summed E-state index contributed by atoms with van der Waals surface area (Å²) < 4.78 is 5.86. The van der Waals surface area contributed by atoms with Gasteiger partial charge in [0.05, 0.1) is 13.2 Å². The molecule has 59 heavy (non-hydrogen) atoms. The maximum absolute atomic E-state index is 12.7. The van der Waals surface area contributed by atoms with Crippen molar-refractivity contribution in [3.05, 3.63) is 109 Å². The molecule has 4 N–H and O–H groups in total. The molecule has 330 valence electrons. The number of nitrogens with one attached hydrogen (secondary N) is 2. The molecule has 9 nitrogen and oxygen atoms in total. The van der Waals surface area contributed by atoms with Crippen molar-refractivity contribution in [3.63, 3.8) is 0 Å². The Morgan fingerprint density at radius 2 is 1.03 bits per heavy atom. The zero-order valence-corrected chi connectivity index (χ0v) is 36.5. The van der Waals surface area contributed by atoms with E-state index in [2.05, 4.69) is 128 Å². The quantitative estimate of drug-likeness (QED) is 0.0276. The summed E-state index contributed by atoms with van der Waals surface area (Å²) in [5.74, 6) is -2.51. The van der Waals surface area contributed by atoms with Gasteiger partial charge in [0.2, 0.25) is 11.8 Å². The molecule has 9 heteroatoms. The maximum Gasteiger partial charge on any atom is 0.328 e. The molecule has 0 aliphatic rings. The fourth-order valence-corrected chi connectivity index (χ4v) is 5.59. The van der Waals surface area contributed by atoms with Crippen molar-refractivity contribution in [2.45, 2.75) is 167 Å². The molecule has 0 aromatic carbocycles. The Kier molecular flexibility index (Phi) is 39.8. The van der Waals surface area contributed by atoms with Gasteiger partial charge >= 0.3 is 11.9 Å². The average molecular weight is 819 g/mol. The monoisotopic (exact) mass is 819 g/mol. The Morgan fingerprint density at radius 1 is 0.542 bits per heavy atom. The molecule has 0 saturated carbocycles. The van der Waals surface area contributed by atoms with E-state index in [9.17, 15) is 19.2 Å². The van der Waals surface area contributed by atoms with Gasteiger partial charge in [0.15, 0.2) is 0 Å². The number of carboxylic acids is 1. The largest absolute Gasteiger partial charge is 0.480 e. The average Bonchev–Trinajstić information content (AvgIpc) is 3.22. The number of hydrogen-bond acceptors (Lipinski definition) is 6. The number of aliphatic carboxylic acids is 1. The van der Waals surface area contributed by atoms with Gasteiger partial charge in [-0.05, 0) is 102 Å². The Balaban J connectivity index is 4.42. The van der Waals surface area contributed by atoms with Crippen molar-refractivity contribution >= 4 is 23.8 Å². The second-order valence-corrected chi connectivity index (χ2v) is 14.4. The van der Waals surface area contributed by atoms with Crippen LogP contribution in [0.25, 0.3) is 0 Å². The summed E-state index contributed by atoms with van der Waals surface area (Å²) in [6, 6.07) is -1.40. The number of rotatable bonds is 38. The number of esters is 1. The van der Waals surface area contributed by atoms with Gasteiger partial charge in [-0.3, -0.25) is 14.4 Å². The van der Waals surface area contributed by atoms with Crippen LogP contribution in [-0.2, 0) is 23.9 Å². The third-order valence-electron chi connectivity index (χ3n) is 8.99. The molecule has 0 saturated heterocycles. The Labute approximate surface area is 357 Å². The summed E-state index contributed by atoms with van der Waals surface area (Å²) in [6.07, 6.45) is 58.5. The molecule has 2 atom stereocenters. The van der Waals surface area contributed by atoms with E-state index in [0.29, 0.717) is 19.3 Å². The minimum absolute atomic E-state index is 0.189. The van der Waals surface area contributed by atoms with Crippen LogP contribution in [0.4, 0.5) is 0 Å². The number of amides is 2. The van der Waals surface area contributed by atoms with E-state index in [1.807, 2.05) is 6.08 Å². The SMILES string of the molecule is CC/C=C\C/C=C\C/C=C\C/C=C\C/C=C\C/C=C\C/C=C\CCCC(=O)OC(/C=C\C/C=C\CCCCCC)CCCCCCC(=O)NCC(=O)NC(CO)C(=O)O. The molecule has 0 radical (unpaired) electrons. The van der Waals surface area contributed by atoms with Crippen LogP contribution in [0.15, 0.2) is 109 Å².